The van der Waals surface area contributed by atoms with Crippen molar-refractivity contribution in [1.29, 1.82) is 0 Å². The van der Waals surface area contributed by atoms with Gasteiger partial charge in [0.05, 0.1) is 0 Å². The van der Waals surface area contributed by atoms with Crippen molar-refractivity contribution in [1.82, 2.24) is 9.88 Å². The summed E-state index contributed by atoms with van der Waals surface area (Å²) in [5.74, 6) is -0.225. The molecule has 0 saturated carbocycles. The van der Waals surface area contributed by atoms with E-state index in [4.69, 9.17) is 0 Å². The van der Waals surface area contributed by atoms with Crippen molar-refractivity contribution in [3.05, 3.63) is 65.9 Å². The molecule has 2 aromatic carbocycles. The fourth-order valence-corrected chi connectivity index (χ4v) is 2.92. The van der Waals surface area contributed by atoms with E-state index >= 15 is 0 Å². The van der Waals surface area contributed by atoms with Gasteiger partial charge in [-0.05, 0) is 30.3 Å². The number of fused-ring (bicyclic) bond motifs is 3. The summed E-state index contributed by atoms with van der Waals surface area (Å²) >= 11 is 0. The van der Waals surface area contributed by atoms with Crippen LogP contribution in [0.25, 0.3) is 10.9 Å². The van der Waals surface area contributed by atoms with Crippen LogP contribution in [0.15, 0.2) is 54.6 Å². The summed E-state index contributed by atoms with van der Waals surface area (Å²) in [7, 11) is 0. The third-order valence-corrected chi connectivity index (χ3v) is 4.05. The minimum atomic E-state index is -0.158. The van der Waals surface area contributed by atoms with Crippen LogP contribution in [0.3, 0.4) is 0 Å². The number of nitrogens with one attached hydrogen (secondary N) is 2. The Morgan fingerprint density at radius 1 is 1.09 bits per heavy atom. The van der Waals surface area contributed by atoms with Crippen LogP contribution in [0.4, 0.5) is 5.69 Å². The quantitative estimate of drug-likeness (QED) is 0.764. The standard InChI is InChI=1S/C18H15N3O2/c22-17(20-14-4-2-1-3-5-14)13-7-6-12-10-16-18(23)19-8-9-21(16)15(12)11-13/h1-7,10-11H,8-9H2,(H,19,23)(H,20,22). The molecule has 0 unspecified atom stereocenters. The highest BCUT2D eigenvalue weighted by molar-refractivity contribution is 6.07. The Labute approximate surface area is 132 Å². The van der Waals surface area contributed by atoms with Crippen LogP contribution in [0.2, 0.25) is 0 Å². The summed E-state index contributed by atoms with van der Waals surface area (Å²) in [6.45, 7) is 1.32. The predicted octanol–water partition coefficient (Wildman–Crippen LogP) is 2.64. The number of benzene rings is 2. The molecule has 2 N–H and O–H groups in total. The summed E-state index contributed by atoms with van der Waals surface area (Å²) in [6, 6.07) is 16.7. The first-order valence-corrected chi connectivity index (χ1v) is 7.50. The molecule has 5 heteroatoms. The van der Waals surface area contributed by atoms with Crippen LogP contribution < -0.4 is 10.6 Å². The van der Waals surface area contributed by atoms with E-state index in [1.807, 2.05) is 53.1 Å². The van der Waals surface area contributed by atoms with E-state index in [0.717, 1.165) is 16.6 Å². The SMILES string of the molecule is O=C(Nc1ccccc1)c1ccc2cc3n(c2c1)CCNC3=O. The summed E-state index contributed by atoms with van der Waals surface area (Å²) in [5.41, 5.74) is 2.89. The largest absolute Gasteiger partial charge is 0.349 e. The zero-order chi connectivity index (χ0) is 15.8. The van der Waals surface area contributed by atoms with Crippen molar-refractivity contribution in [2.45, 2.75) is 6.54 Å². The molecule has 0 aliphatic carbocycles. The average Bonchev–Trinajstić information content (AvgIpc) is 2.95. The number of hydrogen-bond acceptors (Lipinski definition) is 2. The number of hydrogen-bond donors (Lipinski definition) is 2. The van der Waals surface area contributed by atoms with Crippen molar-refractivity contribution in [3.63, 3.8) is 0 Å². The Morgan fingerprint density at radius 2 is 1.91 bits per heavy atom. The van der Waals surface area contributed by atoms with E-state index in [1.165, 1.54) is 0 Å². The second kappa shape index (κ2) is 5.28. The molecular weight excluding hydrogens is 290 g/mol. The van der Waals surface area contributed by atoms with Crippen molar-refractivity contribution >= 4 is 28.4 Å². The van der Waals surface area contributed by atoms with Gasteiger partial charge in [-0.2, -0.15) is 0 Å². The Kier molecular flexibility index (Phi) is 3.12. The molecule has 4 rings (SSSR count). The highest BCUT2D eigenvalue weighted by atomic mass is 16.2. The van der Waals surface area contributed by atoms with Crippen LogP contribution >= 0.6 is 0 Å². The molecule has 1 aliphatic heterocycles. The molecule has 0 bridgehead atoms. The lowest BCUT2D eigenvalue weighted by atomic mass is 10.1. The molecule has 114 valence electrons. The average molecular weight is 305 g/mol. The van der Waals surface area contributed by atoms with E-state index in [2.05, 4.69) is 10.6 Å². The van der Waals surface area contributed by atoms with Crippen molar-refractivity contribution in [2.75, 3.05) is 11.9 Å². The molecule has 0 spiro atoms. The molecule has 0 atom stereocenters. The molecule has 2 heterocycles. The van der Waals surface area contributed by atoms with Crippen LogP contribution in [-0.4, -0.2) is 22.9 Å². The number of amides is 2. The minimum absolute atomic E-state index is 0.0669. The number of para-hydroxylation sites is 1. The van der Waals surface area contributed by atoms with Gasteiger partial charge in [0.25, 0.3) is 11.8 Å². The van der Waals surface area contributed by atoms with E-state index in [0.29, 0.717) is 24.3 Å². The third kappa shape index (κ3) is 2.36. The minimum Gasteiger partial charge on any atom is -0.349 e. The van der Waals surface area contributed by atoms with Crippen LogP contribution in [0.1, 0.15) is 20.8 Å². The van der Waals surface area contributed by atoms with Crippen molar-refractivity contribution in [2.24, 2.45) is 0 Å². The summed E-state index contributed by atoms with van der Waals surface area (Å²) in [4.78, 5) is 24.3. The molecule has 2 amide bonds. The molecule has 5 nitrogen and oxygen atoms in total. The van der Waals surface area contributed by atoms with Crippen LogP contribution in [-0.2, 0) is 6.54 Å². The van der Waals surface area contributed by atoms with E-state index in [9.17, 15) is 9.59 Å². The van der Waals surface area contributed by atoms with Crippen molar-refractivity contribution < 1.29 is 9.59 Å². The number of carbonyl (C=O) groups is 2. The van der Waals surface area contributed by atoms with Gasteiger partial charge in [-0.25, -0.2) is 0 Å². The number of rotatable bonds is 2. The van der Waals surface area contributed by atoms with Gasteiger partial charge >= 0.3 is 0 Å². The van der Waals surface area contributed by atoms with Gasteiger partial charge in [0.1, 0.15) is 5.69 Å². The Hall–Kier alpha value is -3.08. The summed E-state index contributed by atoms with van der Waals surface area (Å²) < 4.78 is 1.97. The Bertz CT molecular complexity index is 913. The predicted molar refractivity (Wildman–Crippen MR) is 88.7 cm³/mol. The van der Waals surface area contributed by atoms with Gasteiger partial charge in [-0.3, -0.25) is 9.59 Å². The van der Waals surface area contributed by atoms with Crippen LogP contribution in [0, 0.1) is 0 Å². The second-order valence-electron chi connectivity index (χ2n) is 5.53. The smallest absolute Gasteiger partial charge is 0.268 e. The molecule has 3 aromatic rings. The fraction of sp³-hybridized carbons (Fsp3) is 0.111. The number of aromatic nitrogens is 1. The zero-order valence-electron chi connectivity index (χ0n) is 12.4. The number of anilines is 1. The maximum Gasteiger partial charge on any atom is 0.268 e. The molecule has 0 fully saturated rings. The first-order chi connectivity index (χ1) is 11.2. The molecular formula is C18H15N3O2. The second-order valence-corrected chi connectivity index (χ2v) is 5.53. The van der Waals surface area contributed by atoms with Gasteiger partial charge in [0.2, 0.25) is 0 Å². The monoisotopic (exact) mass is 305 g/mol. The Balaban J connectivity index is 1.71. The number of nitrogens with zero attached hydrogens (tertiary/aromatic N) is 1. The summed E-state index contributed by atoms with van der Waals surface area (Å²) in [6.07, 6.45) is 0. The summed E-state index contributed by atoms with van der Waals surface area (Å²) in [5, 5.41) is 6.67. The maximum absolute atomic E-state index is 12.4. The molecule has 23 heavy (non-hydrogen) atoms. The van der Waals surface area contributed by atoms with Gasteiger partial charge < -0.3 is 15.2 Å². The molecule has 1 aliphatic rings. The fourth-order valence-electron chi connectivity index (χ4n) is 2.92. The van der Waals surface area contributed by atoms with E-state index in [1.54, 1.807) is 6.07 Å². The number of carbonyl (C=O) groups excluding carboxylic acids is 2. The lowest BCUT2D eigenvalue weighted by molar-refractivity contribution is 0.0928. The van der Waals surface area contributed by atoms with Gasteiger partial charge in [-0.1, -0.05) is 24.3 Å². The molecule has 1 aromatic heterocycles. The lowest BCUT2D eigenvalue weighted by Crippen LogP contribution is -2.34. The molecule has 0 radical (unpaired) electrons. The first-order valence-electron chi connectivity index (χ1n) is 7.50. The maximum atomic E-state index is 12.4. The van der Waals surface area contributed by atoms with E-state index < -0.39 is 0 Å². The first kappa shape index (κ1) is 13.6. The van der Waals surface area contributed by atoms with Crippen molar-refractivity contribution in [3.8, 4) is 0 Å². The normalized spacial score (nSPS) is 13.5. The zero-order valence-corrected chi connectivity index (χ0v) is 12.4. The van der Waals surface area contributed by atoms with Gasteiger partial charge in [0.15, 0.2) is 0 Å². The highest BCUT2D eigenvalue weighted by Gasteiger charge is 2.20. The Morgan fingerprint density at radius 3 is 2.74 bits per heavy atom. The van der Waals surface area contributed by atoms with Gasteiger partial charge in [0, 0.05) is 35.2 Å². The topological polar surface area (TPSA) is 63.1 Å². The third-order valence-electron chi connectivity index (χ3n) is 4.05. The lowest BCUT2D eigenvalue weighted by Gasteiger charge is -2.16. The highest BCUT2D eigenvalue weighted by Crippen LogP contribution is 2.23. The van der Waals surface area contributed by atoms with E-state index in [-0.39, 0.29) is 11.8 Å². The van der Waals surface area contributed by atoms with Crippen LogP contribution in [0.5, 0.6) is 0 Å². The van der Waals surface area contributed by atoms with Gasteiger partial charge in [-0.15, -0.1) is 0 Å². The molecule has 0 saturated heterocycles.